The molecule has 58 valence electrons. The Kier molecular flexibility index (Phi) is 1.32. The molecule has 0 N–H and O–H groups in total. The zero-order valence-corrected chi connectivity index (χ0v) is 6.40. The predicted octanol–water partition coefficient (Wildman–Crippen LogP) is 1.44. The predicted molar refractivity (Wildman–Crippen MR) is 41.9 cm³/mol. The molecule has 0 amide bonds. The number of ether oxygens (including phenoxy) is 1. The number of hydrogen-bond acceptors (Lipinski definition) is 2. The summed E-state index contributed by atoms with van der Waals surface area (Å²) in [7, 11) is 0. The Balaban J connectivity index is 2.29. The molecule has 2 unspecified atom stereocenters. The molecule has 3 nitrogen and oxygen atoms in total. The first-order valence-electron chi connectivity index (χ1n) is 3.63. The number of nitrogens with zero attached hydrogens (tertiary/aromatic N) is 2. The maximum atomic E-state index is 5.27. The summed E-state index contributed by atoms with van der Waals surface area (Å²) in [6.45, 7) is 5.70. The highest BCUT2D eigenvalue weighted by molar-refractivity contribution is 5.22. The van der Waals surface area contributed by atoms with Crippen LogP contribution in [0.4, 0.5) is 0 Å². The zero-order chi connectivity index (χ0) is 7.84. The molecule has 1 aliphatic rings. The summed E-state index contributed by atoms with van der Waals surface area (Å²) in [6.07, 6.45) is 5.86. The van der Waals surface area contributed by atoms with Crippen LogP contribution in [0.1, 0.15) is 18.9 Å². The minimum absolute atomic E-state index is 0.183. The van der Waals surface area contributed by atoms with Gasteiger partial charge in [-0.25, -0.2) is 4.98 Å². The minimum Gasteiger partial charge on any atom is -0.361 e. The Morgan fingerprint density at radius 2 is 2.55 bits per heavy atom. The van der Waals surface area contributed by atoms with Gasteiger partial charge in [0.15, 0.2) is 0 Å². The topological polar surface area (TPSA) is 30.4 Å². The van der Waals surface area contributed by atoms with Crippen molar-refractivity contribution >= 4 is 6.20 Å². The zero-order valence-electron chi connectivity index (χ0n) is 6.40. The van der Waals surface area contributed by atoms with Gasteiger partial charge < -0.3 is 9.30 Å². The van der Waals surface area contributed by atoms with Gasteiger partial charge in [-0.2, -0.15) is 0 Å². The second kappa shape index (κ2) is 2.20. The van der Waals surface area contributed by atoms with Gasteiger partial charge >= 0.3 is 0 Å². The molecule has 11 heavy (non-hydrogen) atoms. The number of rotatable bonds is 2. The Morgan fingerprint density at radius 3 is 3.09 bits per heavy atom. The molecule has 0 bridgehead atoms. The first-order valence-corrected chi connectivity index (χ1v) is 3.63. The smallest absolute Gasteiger partial charge is 0.144 e. The van der Waals surface area contributed by atoms with Crippen molar-refractivity contribution in [2.75, 3.05) is 0 Å². The molecule has 0 saturated carbocycles. The van der Waals surface area contributed by atoms with Gasteiger partial charge in [0.2, 0.25) is 0 Å². The van der Waals surface area contributed by atoms with Crippen LogP contribution in [-0.2, 0) is 4.74 Å². The summed E-state index contributed by atoms with van der Waals surface area (Å²) in [5, 5.41) is 0. The lowest BCUT2D eigenvalue weighted by Crippen LogP contribution is -1.94. The van der Waals surface area contributed by atoms with E-state index in [-0.39, 0.29) is 6.10 Å². The van der Waals surface area contributed by atoms with Crippen LogP contribution in [0.2, 0.25) is 0 Å². The SMILES string of the molecule is C=Cn1ccnc1C1OC1C. The summed E-state index contributed by atoms with van der Waals surface area (Å²) in [5.41, 5.74) is 0. The molecular formula is C8H10N2O. The van der Waals surface area contributed by atoms with Crippen LogP contribution in [0.3, 0.4) is 0 Å². The summed E-state index contributed by atoms with van der Waals surface area (Å²) in [6, 6.07) is 0. The van der Waals surface area contributed by atoms with Crippen molar-refractivity contribution in [2.24, 2.45) is 0 Å². The second-order valence-electron chi connectivity index (χ2n) is 2.64. The van der Waals surface area contributed by atoms with E-state index in [2.05, 4.69) is 11.6 Å². The highest BCUT2D eigenvalue weighted by Crippen LogP contribution is 2.36. The number of aromatic nitrogens is 2. The Hall–Kier alpha value is -1.09. The lowest BCUT2D eigenvalue weighted by Gasteiger charge is -1.95. The molecule has 1 saturated heterocycles. The van der Waals surface area contributed by atoms with Crippen molar-refractivity contribution in [1.82, 2.24) is 9.55 Å². The standard InChI is InChI=1S/C8H10N2O/c1-3-10-5-4-9-8(10)7-6(2)11-7/h3-7H,1H2,2H3. The van der Waals surface area contributed by atoms with E-state index in [9.17, 15) is 0 Å². The summed E-state index contributed by atoms with van der Waals surface area (Å²) < 4.78 is 7.16. The van der Waals surface area contributed by atoms with Crippen LogP contribution in [0.5, 0.6) is 0 Å². The molecule has 1 fully saturated rings. The molecule has 0 spiro atoms. The van der Waals surface area contributed by atoms with Crippen LogP contribution in [0.25, 0.3) is 6.20 Å². The molecule has 0 aliphatic carbocycles. The van der Waals surface area contributed by atoms with E-state index in [1.165, 1.54) is 0 Å². The van der Waals surface area contributed by atoms with E-state index < -0.39 is 0 Å². The fraction of sp³-hybridized carbons (Fsp3) is 0.375. The second-order valence-corrected chi connectivity index (χ2v) is 2.64. The molecule has 3 heteroatoms. The Labute approximate surface area is 65.3 Å². The van der Waals surface area contributed by atoms with Crippen LogP contribution in [0, 0.1) is 0 Å². The minimum atomic E-state index is 0.183. The van der Waals surface area contributed by atoms with Crippen LogP contribution in [0.15, 0.2) is 19.0 Å². The summed E-state index contributed by atoms with van der Waals surface area (Å²) >= 11 is 0. The lowest BCUT2D eigenvalue weighted by molar-refractivity contribution is 0.376. The molecule has 2 rings (SSSR count). The summed E-state index contributed by atoms with van der Waals surface area (Å²) in [5.74, 6) is 0.951. The molecule has 1 aromatic heterocycles. The van der Waals surface area contributed by atoms with Crippen LogP contribution < -0.4 is 0 Å². The van der Waals surface area contributed by atoms with Crippen molar-refractivity contribution in [2.45, 2.75) is 19.1 Å². The maximum Gasteiger partial charge on any atom is 0.144 e. The van der Waals surface area contributed by atoms with Crippen molar-refractivity contribution < 1.29 is 4.74 Å². The normalized spacial score (nSPS) is 28.5. The molecular weight excluding hydrogens is 140 g/mol. The largest absolute Gasteiger partial charge is 0.361 e. The average Bonchev–Trinajstić information content (AvgIpc) is 2.58. The van der Waals surface area contributed by atoms with E-state index in [4.69, 9.17) is 4.74 Å². The Morgan fingerprint density at radius 1 is 1.82 bits per heavy atom. The van der Waals surface area contributed by atoms with Gasteiger partial charge in [0.05, 0.1) is 6.10 Å². The fourth-order valence-electron chi connectivity index (χ4n) is 1.16. The van der Waals surface area contributed by atoms with E-state index in [0.717, 1.165) is 5.82 Å². The van der Waals surface area contributed by atoms with E-state index >= 15 is 0 Å². The van der Waals surface area contributed by atoms with E-state index in [0.29, 0.717) is 6.10 Å². The monoisotopic (exact) mass is 150 g/mol. The highest BCUT2D eigenvalue weighted by Gasteiger charge is 2.38. The molecule has 0 radical (unpaired) electrons. The van der Waals surface area contributed by atoms with Crippen LogP contribution in [-0.4, -0.2) is 15.7 Å². The van der Waals surface area contributed by atoms with Gasteiger partial charge in [0, 0.05) is 18.6 Å². The number of imidazole rings is 1. The Bertz CT molecular complexity index is 279. The molecule has 0 aromatic carbocycles. The molecule has 2 atom stereocenters. The van der Waals surface area contributed by atoms with Gasteiger partial charge in [-0.3, -0.25) is 0 Å². The van der Waals surface area contributed by atoms with E-state index in [1.54, 1.807) is 12.4 Å². The van der Waals surface area contributed by atoms with E-state index in [1.807, 2.05) is 17.7 Å². The number of hydrogen-bond donors (Lipinski definition) is 0. The van der Waals surface area contributed by atoms with Gasteiger partial charge in [0.1, 0.15) is 11.9 Å². The first kappa shape index (κ1) is 6.61. The third kappa shape index (κ3) is 0.973. The first-order chi connectivity index (χ1) is 5.33. The number of epoxide rings is 1. The van der Waals surface area contributed by atoms with Crippen molar-refractivity contribution in [3.05, 3.63) is 24.8 Å². The van der Waals surface area contributed by atoms with Crippen molar-refractivity contribution in [1.29, 1.82) is 0 Å². The third-order valence-electron chi connectivity index (χ3n) is 1.86. The lowest BCUT2D eigenvalue weighted by atomic mass is 10.3. The molecule has 2 heterocycles. The third-order valence-corrected chi connectivity index (χ3v) is 1.86. The van der Waals surface area contributed by atoms with Crippen LogP contribution >= 0.6 is 0 Å². The molecule has 1 aromatic rings. The fourth-order valence-corrected chi connectivity index (χ4v) is 1.16. The van der Waals surface area contributed by atoms with Crippen molar-refractivity contribution in [3.8, 4) is 0 Å². The van der Waals surface area contributed by atoms with Gasteiger partial charge in [-0.15, -0.1) is 0 Å². The van der Waals surface area contributed by atoms with Gasteiger partial charge in [0.25, 0.3) is 0 Å². The quantitative estimate of drug-likeness (QED) is 0.597. The van der Waals surface area contributed by atoms with Gasteiger partial charge in [-0.05, 0) is 6.92 Å². The molecule has 1 aliphatic heterocycles. The maximum absolute atomic E-state index is 5.27. The summed E-state index contributed by atoms with van der Waals surface area (Å²) in [4.78, 5) is 4.17. The van der Waals surface area contributed by atoms with Crippen molar-refractivity contribution in [3.63, 3.8) is 0 Å². The average molecular weight is 150 g/mol. The highest BCUT2D eigenvalue weighted by atomic mass is 16.6. The van der Waals surface area contributed by atoms with Gasteiger partial charge in [-0.1, -0.05) is 6.58 Å².